The van der Waals surface area contributed by atoms with Gasteiger partial charge in [-0.15, -0.1) is 0 Å². The average molecular weight is 401 g/mol. The minimum absolute atomic E-state index is 0.0407. The van der Waals surface area contributed by atoms with Gasteiger partial charge in [0.1, 0.15) is 5.76 Å². The van der Waals surface area contributed by atoms with E-state index in [1.807, 2.05) is 0 Å². The third kappa shape index (κ3) is 3.73. The predicted molar refractivity (Wildman–Crippen MR) is 120 cm³/mol. The Bertz CT molecular complexity index is 674. The fourth-order valence-corrected chi connectivity index (χ4v) is 7.55. The largest absolute Gasteiger partial charge is 0.497 e. The van der Waals surface area contributed by atoms with Crippen LogP contribution >= 0.6 is 0 Å². The molecule has 0 radical (unpaired) electrons. The highest BCUT2D eigenvalue weighted by Crippen LogP contribution is 2.62. The van der Waals surface area contributed by atoms with Crippen LogP contribution in [0.4, 0.5) is 0 Å². The zero-order chi connectivity index (χ0) is 20.8. The summed E-state index contributed by atoms with van der Waals surface area (Å²) in [5, 5.41) is 10.2. The molecule has 0 spiro atoms. The van der Waals surface area contributed by atoms with Gasteiger partial charge in [-0.2, -0.15) is 0 Å². The van der Waals surface area contributed by atoms with Crippen molar-refractivity contribution in [1.82, 2.24) is 0 Å². The molecule has 1 aliphatic heterocycles. The van der Waals surface area contributed by atoms with Crippen molar-refractivity contribution in [3.63, 3.8) is 0 Å². The molecule has 0 aromatic rings. The topological polar surface area (TPSA) is 29.5 Å². The molecule has 2 saturated carbocycles. The summed E-state index contributed by atoms with van der Waals surface area (Å²) >= 11 is 0. The van der Waals surface area contributed by atoms with Crippen LogP contribution in [0.5, 0.6) is 0 Å². The van der Waals surface area contributed by atoms with E-state index in [1.165, 1.54) is 49.9 Å². The minimum Gasteiger partial charge on any atom is -0.497 e. The Balaban J connectivity index is 1.57. The van der Waals surface area contributed by atoms with Gasteiger partial charge >= 0.3 is 0 Å². The Morgan fingerprint density at radius 3 is 2.66 bits per heavy atom. The Morgan fingerprint density at radius 1 is 1.10 bits per heavy atom. The van der Waals surface area contributed by atoms with Crippen molar-refractivity contribution in [3.8, 4) is 0 Å². The Hall–Kier alpha value is -0.760. The van der Waals surface area contributed by atoms with Crippen LogP contribution in [0.3, 0.4) is 0 Å². The molecule has 6 unspecified atom stereocenters. The van der Waals surface area contributed by atoms with E-state index in [0.29, 0.717) is 11.3 Å². The molecule has 0 amide bonds. The number of aliphatic hydroxyl groups is 1. The van der Waals surface area contributed by atoms with Crippen LogP contribution in [0.25, 0.3) is 0 Å². The molecule has 6 atom stereocenters. The second-order valence-electron chi connectivity index (χ2n) is 11.7. The number of rotatable bonds is 5. The van der Waals surface area contributed by atoms with E-state index in [1.54, 1.807) is 5.57 Å². The number of allylic oxidation sites excluding steroid dienone is 3. The van der Waals surface area contributed by atoms with Crippen LogP contribution < -0.4 is 0 Å². The number of ether oxygens (including phenoxy) is 1. The lowest BCUT2D eigenvalue weighted by molar-refractivity contribution is 0.0662. The molecule has 0 saturated heterocycles. The third-order valence-electron chi connectivity index (χ3n) is 9.35. The van der Waals surface area contributed by atoms with Crippen molar-refractivity contribution in [2.45, 2.75) is 105 Å². The van der Waals surface area contributed by atoms with Gasteiger partial charge < -0.3 is 9.84 Å². The summed E-state index contributed by atoms with van der Waals surface area (Å²) in [7, 11) is 0. The van der Waals surface area contributed by atoms with E-state index in [0.717, 1.165) is 50.0 Å². The van der Waals surface area contributed by atoms with Crippen LogP contribution in [-0.2, 0) is 4.74 Å². The molecule has 29 heavy (non-hydrogen) atoms. The predicted octanol–water partition coefficient (Wildman–Crippen LogP) is 7.04. The second-order valence-corrected chi connectivity index (χ2v) is 11.7. The average Bonchev–Trinajstić information content (AvgIpc) is 2.91. The Labute approximate surface area is 179 Å². The molecule has 4 rings (SSSR count). The summed E-state index contributed by atoms with van der Waals surface area (Å²) in [6.07, 6.45) is 14.2. The number of hydrogen-bond donors (Lipinski definition) is 1. The Morgan fingerprint density at radius 2 is 1.90 bits per heavy atom. The third-order valence-corrected chi connectivity index (χ3v) is 9.35. The van der Waals surface area contributed by atoms with Gasteiger partial charge in [-0.3, -0.25) is 0 Å². The zero-order valence-corrected chi connectivity index (χ0v) is 19.6. The van der Waals surface area contributed by atoms with Crippen molar-refractivity contribution in [3.05, 3.63) is 23.0 Å². The first kappa shape index (κ1) is 21.5. The Kier molecular flexibility index (Phi) is 5.97. The van der Waals surface area contributed by atoms with Crippen LogP contribution in [0.2, 0.25) is 0 Å². The van der Waals surface area contributed by atoms with Gasteiger partial charge in [-0.1, -0.05) is 58.6 Å². The van der Waals surface area contributed by atoms with Gasteiger partial charge in [-0.25, -0.2) is 0 Å². The van der Waals surface area contributed by atoms with Gasteiger partial charge in [0.05, 0.1) is 12.7 Å². The smallest absolute Gasteiger partial charge is 0.106 e. The van der Waals surface area contributed by atoms with Gasteiger partial charge in [0.25, 0.3) is 0 Å². The van der Waals surface area contributed by atoms with Crippen molar-refractivity contribution in [2.24, 2.45) is 34.5 Å². The molecule has 2 fully saturated rings. The van der Waals surface area contributed by atoms with Gasteiger partial charge in [-0.05, 0) is 86.5 Å². The highest BCUT2D eigenvalue weighted by molar-refractivity contribution is 5.39. The summed E-state index contributed by atoms with van der Waals surface area (Å²) in [4.78, 5) is 0. The molecule has 1 heterocycles. The molecular weight excluding hydrogens is 356 g/mol. The first-order chi connectivity index (χ1) is 13.8. The van der Waals surface area contributed by atoms with Gasteiger partial charge in [0.2, 0.25) is 0 Å². The van der Waals surface area contributed by atoms with Crippen LogP contribution in [0.1, 0.15) is 98.8 Å². The van der Waals surface area contributed by atoms with Crippen molar-refractivity contribution in [2.75, 3.05) is 6.61 Å². The van der Waals surface area contributed by atoms with Gasteiger partial charge in [0.15, 0.2) is 0 Å². The lowest BCUT2D eigenvalue weighted by atomic mass is 9.61. The SMILES string of the molecule is CC(C)CCCC(C)C1CCC2C3=C(OCCC21C)C1(C)CCC(O)CC1=CC3. The highest BCUT2D eigenvalue weighted by Gasteiger charge is 2.54. The fraction of sp³-hybridized carbons (Fsp3) is 0.852. The summed E-state index contributed by atoms with van der Waals surface area (Å²) in [5.41, 5.74) is 3.50. The summed E-state index contributed by atoms with van der Waals surface area (Å²) in [5.74, 6) is 4.50. The normalized spacial score (nSPS) is 40.5. The molecule has 4 aliphatic rings. The van der Waals surface area contributed by atoms with E-state index >= 15 is 0 Å². The van der Waals surface area contributed by atoms with E-state index < -0.39 is 0 Å². The minimum atomic E-state index is -0.157. The number of hydrogen-bond acceptors (Lipinski definition) is 2. The standard InChI is InChI=1S/C27H44O2/c1-18(2)7-6-8-19(3)23-11-12-24-22-10-9-20-17-21(28)13-14-26(20,4)25(22)29-16-15-27(23,24)5/h9,18-19,21,23-24,28H,6-8,10-17H2,1-5H3. The van der Waals surface area contributed by atoms with E-state index in [9.17, 15) is 5.11 Å². The lowest BCUT2D eigenvalue weighted by Gasteiger charge is -2.44. The molecule has 3 aliphatic carbocycles. The molecule has 2 heteroatoms. The molecule has 0 aromatic carbocycles. The summed E-state index contributed by atoms with van der Waals surface area (Å²) in [6.45, 7) is 13.1. The maximum Gasteiger partial charge on any atom is 0.106 e. The zero-order valence-electron chi connectivity index (χ0n) is 19.6. The molecule has 0 bridgehead atoms. The van der Waals surface area contributed by atoms with Crippen LogP contribution in [0, 0.1) is 34.5 Å². The quantitative estimate of drug-likeness (QED) is 0.502. The van der Waals surface area contributed by atoms with E-state index in [4.69, 9.17) is 4.74 Å². The maximum absolute atomic E-state index is 10.2. The first-order valence-electron chi connectivity index (χ1n) is 12.5. The van der Waals surface area contributed by atoms with Gasteiger partial charge in [0, 0.05) is 5.41 Å². The fourth-order valence-electron chi connectivity index (χ4n) is 7.55. The van der Waals surface area contributed by atoms with Crippen LogP contribution in [-0.4, -0.2) is 17.8 Å². The summed E-state index contributed by atoms with van der Waals surface area (Å²) < 4.78 is 6.61. The molecule has 0 aromatic heterocycles. The van der Waals surface area contributed by atoms with Crippen molar-refractivity contribution < 1.29 is 9.84 Å². The number of fused-ring (bicyclic) bond motifs is 4. The second kappa shape index (κ2) is 8.06. The van der Waals surface area contributed by atoms with Crippen molar-refractivity contribution in [1.29, 1.82) is 0 Å². The molecular formula is C27H44O2. The van der Waals surface area contributed by atoms with E-state index in [-0.39, 0.29) is 11.5 Å². The van der Waals surface area contributed by atoms with Crippen LogP contribution in [0.15, 0.2) is 23.0 Å². The first-order valence-corrected chi connectivity index (χ1v) is 12.5. The molecule has 2 nitrogen and oxygen atoms in total. The molecule has 1 N–H and O–H groups in total. The number of aliphatic hydroxyl groups excluding tert-OH is 1. The maximum atomic E-state index is 10.2. The lowest BCUT2D eigenvalue weighted by Crippen LogP contribution is -2.36. The van der Waals surface area contributed by atoms with Crippen molar-refractivity contribution >= 4 is 0 Å². The summed E-state index contributed by atoms with van der Waals surface area (Å²) in [6, 6.07) is 0. The van der Waals surface area contributed by atoms with E-state index in [2.05, 4.69) is 40.7 Å². The highest BCUT2D eigenvalue weighted by atomic mass is 16.5. The monoisotopic (exact) mass is 400 g/mol. The molecule has 164 valence electrons.